The Kier molecular flexibility index (Phi) is 13.6. The van der Waals surface area contributed by atoms with E-state index in [-0.39, 0.29) is 30.4 Å². The molecule has 6 unspecified atom stereocenters. The highest BCUT2D eigenvalue weighted by molar-refractivity contribution is 7.80. The number of aliphatic carboxylic acids is 2. The molecule has 0 rings (SSSR count). The van der Waals surface area contributed by atoms with Crippen molar-refractivity contribution in [1.29, 1.82) is 0 Å². The van der Waals surface area contributed by atoms with Gasteiger partial charge in [0, 0.05) is 12.2 Å². The predicted octanol–water partition coefficient (Wildman–Crippen LogP) is -0.260. The summed E-state index contributed by atoms with van der Waals surface area (Å²) in [6.45, 7) is 7.12. The number of hydrogen-bond acceptors (Lipinski definition) is 7. The Morgan fingerprint density at radius 2 is 1.28 bits per heavy atom. The first kappa shape index (κ1) is 29.7. The van der Waals surface area contributed by atoms with Gasteiger partial charge in [-0.2, -0.15) is 12.6 Å². The first-order valence-electron chi connectivity index (χ1n) is 10.6. The molecule has 11 nitrogen and oxygen atoms in total. The summed E-state index contributed by atoms with van der Waals surface area (Å²) in [5.74, 6) is -5.04. The topological polar surface area (TPSA) is 188 Å². The van der Waals surface area contributed by atoms with Crippen LogP contribution < -0.4 is 21.7 Å². The number of amides is 3. The highest BCUT2D eigenvalue weighted by Crippen LogP contribution is 2.13. The molecule has 0 aliphatic heterocycles. The van der Waals surface area contributed by atoms with Crippen molar-refractivity contribution in [2.45, 2.75) is 77.5 Å². The molecule has 0 bridgehead atoms. The maximum atomic E-state index is 13.0. The van der Waals surface area contributed by atoms with Crippen LogP contribution in [0.2, 0.25) is 0 Å². The first-order chi connectivity index (χ1) is 14.9. The number of carbonyl (C=O) groups is 5. The van der Waals surface area contributed by atoms with Gasteiger partial charge in [-0.3, -0.25) is 19.2 Å². The third-order valence-electron chi connectivity index (χ3n) is 5.39. The first-order valence-corrected chi connectivity index (χ1v) is 11.2. The minimum atomic E-state index is -1.25. The van der Waals surface area contributed by atoms with Crippen molar-refractivity contribution in [3.63, 3.8) is 0 Å². The van der Waals surface area contributed by atoms with Crippen LogP contribution in [0.1, 0.15) is 53.4 Å². The fraction of sp³-hybridized carbons (Fsp3) is 0.750. The van der Waals surface area contributed by atoms with Crippen LogP contribution in [0.3, 0.4) is 0 Å². The summed E-state index contributed by atoms with van der Waals surface area (Å²) in [7, 11) is 0. The standard InChI is InChI=1S/C20H36N4O7S/c1-5-10(3)15(18(28)22-13(9-32)20(30)31)24-19(29)16(11(4)6-2)23-17(27)12(21)7-8-14(25)26/h10-13,15-16,32H,5-9,21H2,1-4H3,(H,22,28)(H,23,27)(H,24,29)(H,25,26)(H,30,31). The zero-order valence-electron chi connectivity index (χ0n) is 19.0. The Morgan fingerprint density at radius 1 is 0.844 bits per heavy atom. The van der Waals surface area contributed by atoms with Crippen molar-refractivity contribution in [3.8, 4) is 0 Å². The maximum Gasteiger partial charge on any atom is 0.327 e. The summed E-state index contributed by atoms with van der Waals surface area (Å²) in [6, 6.07) is -4.36. The lowest BCUT2D eigenvalue weighted by atomic mass is 9.94. The van der Waals surface area contributed by atoms with Crippen molar-refractivity contribution in [2.75, 3.05) is 5.75 Å². The Bertz CT molecular complexity index is 676. The molecule has 0 radical (unpaired) electrons. The molecule has 0 spiro atoms. The molecule has 0 fully saturated rings. The molecule has 6 atom stereocenters. The molecular weight excluding hydrogens is 440 g/mol. The molecule has 0 aromatic rings. The van der Waals surface area contributed by atoms with Gasteiger partial charge in [0.25, 0.3) is 0 Å². The van der Waals surface area contributed by atoms with Crippen molar-refractivity contribution in [1.82, 2.24) is 16.0 Å². The Morgan fingerprint density at radius 3 is 1.66 bits per heavy atom. The normalized spacial score (nSPS) is 16.6. The van der Waals surface area contributed by atoms with Crippen LogP contribution in [0.15, 0.2) is 0 Å². The third kappa shape index (κ3) is 9.86. The van der Waals surface area contributed by atoms with Crippen molar-refractivity contribution in [2.24, 2.45) is 17.6 Å². The smallest absolute Gasteiger partial charge is 0.327 e. The van der Waals surface area contributed by atoms with Gasteiger partial charge >= 0.3 is 11.9 Å². The fourth-order valence-corrected chi connectivity index (χ4v) is 3.01. The highest BCUT2D eigenvalue weighted by Gasteiger charge is 2.34. The molecule has 0 saturated carbocycles. The molecule has 12 heteroatoms. The molecule has 7 N–H and O–H groups in total. The predicted molar refractivity (Wildman–Crippen MR) is 121 cm³/mol. The number of nitrogens with one attached hydrogen (secondary N) is 3. The number of carboxylic acids is 2. The summed E-state index contributed by atoms with van der Waals surface area (Å²) < 4.78 is 0. The summed E-state index contributed by atoms with van der Waals surface area (Å²) >= 11 is 3.92. The van der Waals surface area contributed by atoms with Gasteiger partial charge in [0.15, 0.2) is 0 Å². The highest BCUT2D eigenvalue weighted by atomic mass is 32.1. The van der Waals surface area contributed by atoms with Crippen LogP contribution in [0, 0.1) is 11.8 Å². The van der Waals surface area contributed by atoms with Crippen LogP contribution in [-0.4, -0.2) is 69.8 Å². The van der Waals surface area contributed by atoms with E-state index in [9.17, 15) is 24.0 Å². The number of carbonyl (C=O) groups excluding carboxylic acids is 3. The van der Waals surface area contributed by atoms with Crippen molar-refractivity contribution in [3.05, 3.63) is 0 Å². The zero-order chi connectivity index (χ0) is 25.0. The average Bonchev–Trinajstić information content (AvgIpc) is 2.75. The second-order valence-corrected chi connectivity index (χ2v) is 8.23. The van der Waals surface area contributed by atoms with Crippen LogP contribution in [-0.2, 0) is 24.0 Å². The summed E-state index contributed by atoms with van der Waals surface area (Å²) in [5, 5.41) is 25.5. The summed E-state index contributed by atoms with van der Waals surface area (Å²) in [5.41, 5.74) is 5.74. The minimum absolute atomic E-state index is 0.0891. The maximum absolute atomic E-state index is 13.0. The molecule has 32 heavy (non-hydrogen) atoms. The van der Waals surface area contributed by atoms with Crippen molar-refractivity contribution < 1.29 is 34.2 Å². The SMILES string of the molecule is CCC(C)C(NC(=O)C(N)CCC(=O)O)C(=O)NC(C(=O)NC(CS)C(=O)O)C(C)CC. The molecule has 0 aromatic heterocycles. The lowest BCUT2D eigenvalue weighted by Crippen LogP contribution is -2.60. The monoisotopic (exact) mass is 476 g/mol. The Hall–Kier alpha value is -2.34. The second kappa shape index (κ2) is 14.7. The number of carboxylic acid groups (broad SMARTS) is 2. The Labute approximate surface area is 193 Å². The van der Waals surface area contributed by atoms with Gasteiger partial charge in [-0.05, 0) is 18.3 Å². The largest absolute Gasteiger partial charge is 0.481 e. The minimum Gasteiger partial charge on any atom is -0.481 e. The van der Waals surface area contributed by atoms with E-state index in [2.05, 4.69) is 28.6 Å². The average molecular weight is 477 g/mol. The van der Waals surface area contributed by atoms with E-state index >= 15 is 0 Å². The van der Waals surface area contributed by atoms with E-state index < -0.39 is 53.8 Å². The molecule has 0 aromatic carbocycles. The molecule has 3 amide bonds. The van der Waals surface area contributed by atoms with E-state index in [1.807, 2.05) is 13.8 Å². The lowest BCUT2D eigenvalue weighted by molar-refractivity contribution is -0.142. The third-order valence-corrected chi connectivity index (χ3v) is 5.75. The molecule has 0 heterocycles. The summed E-state index contributed by atoms with van der Waals surface area (Å²) in [6.07, 6.45) is 0.677. The van der Waals surface area contributed by atoms with Crippen LogP contribution in [0.5, 0.6) is 0 Å². The number of rotatable bonds is 15. The van der Waals surface area contributed by atoms with Crippen LogP contribution in [0.25, 0.3) is 0 Å². The van der Waals surface area contributed by atoms with Gasteiger partial charge in [0.1, 0.15) is 18.1 Å². The van der Waals surface area contributed by atoms with E-state index in [0.717, 1.165) is 0 Å². The van der Waals surface area contributed by atoms with E-state index in [1.54, 1.807) is 13.8 Å². The molecule has 0 saturated heterocycles. The molecular formula is C20H36N4O7S. The number of nitrogens with two attached hydrogens (primary N) is 1. The quantitative estimate of drug-likeness (QED) is 0.157. The van der Waals surface area contributed by atoms with Gasteiger partial charge in [-0.15, -0.1) is 0 Å². The van der Waals surface area contributed by atoms with Gasteiger partial charge in [0.05, 0.1) is 6.04 Å². The molecule has 0 aliphatic carbocycles. The van der Waals surface area contributed by atoms with Gasteiger partial charge in [-0.25, -0.2) is 4.79 Å². The molecule has 0 aliphatic rings. The zero-order valence-corrected chi connectivity index (χ0v) is 19.9. The second-order valence-electron chi connectivity index (χ2n) is 7.86. The number of thiol groups is 1. The van der Waals surface area contributed by atoms with E-state index in [1.165, 1.54) is 0 Å². The number of hydrogen-bond donors (Lipinski definition) is 7. The summed E-state index contributed by atoms with van der Waals surface area (Å²) in [4.78, 5) is 60.0. The lowest BCUT2D eigenvalue weighted by Gasteiger charge is -2.30. The van der Waals surface area contributed by atoms with E-state index in [4.69, 9.17) is 15.9 Å². The van der Waals surface area contributed by atoms with Gasteiger partial charge in [-0.1, -0.05) is 40.5 Å². The Balaban J connectivity index is 5.49. The van der Waals surface area contributed by atoms with Crippen LogP contribution in [0.4, 0.5) is 0 Å². The van der Waals surface area contributed by atoms with Crippen LogP contribution >= 0.6 is 12.6 Å². The molecule has 184 valence electrons. The fourth-order valence-electron chi connectivity index (χ4n) is 2.76. The van der Waals surface area contributed by atoms with Crippen molar-refractivity contribution >= 4 is 42.3 Å². The van der Waals surface area contributed by atoms with E-state index in [0.29, 0.717) is 12.8 Å². The van der Waals surface area contributed by atoms with Gasteiger partial charge in [0.2, 0.25) is 17.7 Å². The van der Waals surface area contributed by atoms with Gasteiger partial charge < -0.3 is 31.9 Å².